The first-order valence-electron chi connectivity index (χ1n) is 6.50. The van der Waals surface area contributed by atoms with Crippen molar-refractivity contribution in [3.8, 4) is 0 Å². The van der Waals surface area contributed by atoms with E-state index >= 15 is 0 Å². The summed E-state index contributed by atoms with van der Waals surface area (Å²) >= 11 is 0. The van der Waals surface area contributed by atoms with E-state index in [2.05, 4.69) is 10.2 Å². The summed E-state index contributed by atoms with van der Waals surface area (Å²) in [7, 11) is 0. The van der Waals surface area contributed by atoms with Crippen molar-refractivity contribution in [1.29, 1.82) is 0 Å². The number of piperidine rings is 1. The number of carbonyl (C=O) groups is 1. The van der Waals surface area contributed by atoms with Crippen LogP contribution in [0.4, 0.5) is 0 Å². The lowest BCUT2D eigenvalue weighted by atomic mass is 9.86. The van der Waals surface area contributed by atoms with Gasteiger partial charge in [-0.05, 0) is 32.9 Å². The third-order valence-electron chi connectivity index (χ3n) is 3.70. The molecule has 0 unspecified atom stereocenters. The third-order valence-corrected chi connectivity index (χ3v) is 3.70. The van der Waals surface area contributed by atoms with Crippen LogP contribution in [0, 0.1) is 0 Å². The molecule has 2 aliphatic heterocycles. The molecule has 0 aromatic heterocycles. The van der Waals surface area contributed by atoms with Crippen LogP contribution in [0.15, 0.2) is 0 Å². The molecule has 5 heteroatoms. The van der Waals surface area contributed by atoms with Crippen molar-refractivity contribution in [2.75, 3.05) is 46.0 Å². The van der Waals surface area contributed by atoms with Gasteiger partial charge in [0.05, 0.1) is 19.8 Å². The Morgan fingerprint density at radius 3 is 2.59 bits per heavy atom. The lowest BCUT2D eigenvalue weighted by Gasteiger charge is -2.45. The highest BCUT2D eigenvalue weighted by Crippen LogP contribution is 2.28. The summed E-state index contributed by atoms with van der Waals surface area (Å²) in [5.41, 5.74) is -0.412. The normalized spacial score (nSPS) is 25.5. The molecule has 0 saturated carbocycles. The Labute approximate surface area is 102 Å². The number of esters is 1. The molecule has 0 radical (unpaired) electrons. The van der Waals surface area contributed by atoms with Crippen molar-refractivity contribution in [3.63, 3.8) is 0 Å². The number of rotatable bonds is 3. The topological polar surface area (TPSA) is 50.8 Å². The Morgan fingerprint density at radius 2 is 2.00 bits per heavy atom. The lowest BCUT2D eigenvalue weighted by molar-refractivity contribution is -0.163. The first-order chi connectivity index (χ1) is 8.29. The zero-order valence-corrected chi connectivity index (χ0v) is 10.5. The number of carbonyl (C=O) groups excluding carboxylic acids is 1. The molecule has 1 N–H and O–H groups in total. The van der Waals surface area contributed by atoms with Gasteiger partial charge in [-0.25, -0.2) is 0 Å². The number of hydrogen-bond donors (Lipinski definition) is 1. The summed E-state index contributed by atoms with van der Waals surface area (Å²) in [5.74, 6) is -0.0524. The quantitative estimate of drug-likeness (QED) is 0.706. The smallest absolute Gasteiger partial charge is 0.326 e. The Hall–Kier alpha value is -0.650. The molecule has 0 bridgehead atoms. The molecule has 2 aliphatic rings. The SMILES string of the molecule is CCOC(=O)C1(N2CCOCC2)CCNCC1. The molecule has 0 aliphatic carbocycles. The fraction of sp³-hybridized carbons (Fsp3) is 0.917. The molecule has 5 nitrogen and oxygen atoms in total. The van der Waals surface area contributed by atoms with Gasteiger partial charge in [-0.3, -0.25) is 9.69 Å². The highest BCUT2D eigenvalue weighted by molar-refractivity contribution is 5.81. The Morgan fingerprint density at radius 1 is 1.35 bits per heavy atom. The third kappa shape index (κ3) is 2.61. The maximum Gasteiger partial charge on any atom is 0.326 e. The fourth-order valence-electron chi connectivity index (χ4n) is 2.75. The van der Waals surface area contributed by atoms with E-state index in [4.69, 9.17) is 9.47 Å². The van der Waals surface area contributed by atoms with E-state index in [9.17, 15) is 4.79 Å². The molecule has 98 valence electrons. The minimum atomic E-state index is -0.412. The van der Waals surface area contributed by atoms with Crippen molar-refractivity contribution in [2.45, 2.75) is 25.3 Å². The van der Waals surface area contributed by atoms with E-state index in [0.29, 0.717) is 19.8 Å². The highest BCUT2D eigenvalue weighted by Gasteiger charge is 2.46. The maximum atomic E-state index is 12.3. The van der Waals surface area contributed by atoms with Gasteiger partial charge < -0.3 is 14.8 Å². The van der Waals surface area contributed by atoms with E-state index in [1.807, 2.05) is 6.92 Å². The molecule has 0 amide bonds. The monoisotopic (exact) mass is 242 g/mol. The van der Waals surface area contributed by atoms with E-state index < -0.39 is 5.54 Å². The predicted molar refractivity (Wildman–Crippen MR) is 63.9 cm³/mol. The zero-order chi connectivity index (χ0) is 12.1. The molecule has 2 heterocycles. The molecule has 0 spiro atoms. The summed E-state index contributed by atoms with van der Waals surface area (Å²) in [6.45, 7) is 7.19. The van der Waals surface area contributed by atoms with E-state index in [-0.39, 0.29) is 5.97 Å². The number of ether oxygens (including phenoxy) is 2. The van der Waals surface area contributed by atoms with Crippen LogP contribution in [-0.2, 0) is 14.3 Å². The molecule has 2 rings (SSSR count). The molecule has 0 atom stereocenters. The largest absolute Gasteiger partial charge is 0.465 e. The van der Waals surface area contributed by atoms with Crippen LogP contribution in [-0.4, -0.2) is 62.4 Å². The standard InChI is InChI=1S/C12H22N2O3/c1-2-17-11(15)12(3-5-13-6-4-12)14-7-9-16-10-8-14/h13H,2-10H2,1H3. The van der Waals surface area contributed by atoms with Crippen LogP contribution < -0.4 is 5.32 Å². The van der Waals surface area contributed by atoms with Crippen molar-refractivity contribution in [3.05, 3.63) is 0 Å². The van der Waals surface area contributed by atoms with Gasteiger partial charge in [0.15, 0.2) is 0 Å². The van der Waals surface area contributed by atoms with Gasteiger partial charge in [0.2, 0.25) is 0 Å². The minimum Gasteiger partial charge on any atom is -0.465 e. The molecule has 2 fully saturated rings. The van der Waals surface area contributed by atoms with Crippen LogP contribution in [0.1, 0.15) is 19.8 Å². The summed E-state index contributed by atoms with van der Waals surface area (Å²) in [6.07, 6.45) is 1.68. The van der Waals surface area contributed by atoms with E-state index in [0.717, 1.165) is 39.0 Å². The van der Waals surface area contributed by atoms with Crippen molar-refractivity contribution in [1.82, 2.24) is 10.2 Å². The van der Waals surface area contributed by atoms with Crippen LogP contribution in [0.2, 0.25) is 0 Å². The average Bonchev–Trinajstić information content (AvgIpc) is 2.41. The Kier molecular flexibility index (Phi) is 4.36. The highest BCUT2D eigenvalue weighted by atomic mass is 16.5. The van der Waals surface area contributed by atoms with Gasteiger partial charge in [0, 0.05) is 13.1 Å². The van der Waals surface area contributed by atoms with Crippen LogP contribution >= 0.6 is 0 Å². The molecule has 17 heavy (non-hydrogen) atoms. The number of hydrogen-bond acceptors (Lipinski definition) is 5. The van der Waals surface area contributed by atoms with Gasteiger partial charge >= 0.3 is 5.97 Å². The first-order valence-corrected chi connectivity index (χ1v) is 6.50. The van der Waals surface area contributed by atoms with Gasteiger partial charge in [-0.15, -0.1) is 0 Å². The van der Waals surface area contributed by atoms with Crippen molar-refractivity contribution in [2.24, 2.45) is 0 Å². The molecule has 2 saturated heterocycles. The summed E-state index contributed by atoms with van der Waals surface area (Å²) < 4.78 is 10.7. The number of nitrogens with one attached hydrogen (secondary N) is 1. The second-order valence-electron chi connectivity index (χ2n) is 4.60. The molecule has 0 aromatic rings. The van der Waals surface area contributed by atoms with Gasteiger partial charge in [0.1, 0.15) is 5.54 Å². The Balaban J connectivity index is 2.12. The van der Waals surface area contributed by atoms with Gasteiger partial charge in [-0.1, -0.05) is 0 Å². The summed E-state index contributed by atoms with van der Waals surface area (Å²) in [6, 6.07) is 0. The fourth-order valence-corrected chi connectivity index (χ4v) is 2.75. The number of nitrogens with zero attached hydrogens (tertiary/aromatic N) is 1. The van der Waals surface area contributed by atoms with Crippen LogP contribution in [0.5, 0.6) is 0 Å². The van der Waals surface area contributed by atoms with Crippen LogP contribution in [0.25, 0.3) is 0 Å². The number of morpholine rings is 1. The summed E-state index contributed by atoms with van der Waals surface area (Å²) in [5, 5.41) is 3.31. The van der Waals surface area contributed by atoms with Crippen LogP contribution in [0.3, 0.4) is 0 Å². The van der Waals surface area contributed by atoms with Crippen molar-refractivity contribution >= 4 is 5.97 Å². The zero-order valence-electron chi connectivity index (χ0n) is 10.5. The molecular weight excluding hydrogens is 220 g/mol. The van der Waals surface area contributed by atoms with Gasteiger partial charge in [0.25, 0.3) is 0 Å². The second kappa shape index (κ2) is 5.80. The second-order valence-corrected chi connectivity index (χ2v) is 4.60. The van der Waals surface area contributed by atoms with E-state index in [1.54, 1.807) is 0 Å². The molecular formula is C12H22N2O3. The molecule has 0 aromatic carbocycles. The summed E-state index contributed by atoms with van der Waals surface area (Å²) in [4.78, 5) is 14.5. The van der Waals surface area contributed by atoms with E-state index in [1.165, 1.54) is 0 Å². The van der Waals surface area contributed by atoms with Gasteiger partial charge in [-0.2, -0.15) is 0 Å². The Bertz CT molecular complexity index is 258. The first kappa shape index (κ1) is 12.8. The lowest BCUT2D eigenvalue weighted by Crippen LogP contribution is -2.62. The predicted octanol–water partition coefficient (Wildman–Crippen LogP) is 0.00390. The minimum absolute atomic E-state index is 0.0524. The average molecular weight is 242 g/mol. The maximum absolute atomic E-state index is 12.3. The van der Waals surface area contributed by atoms with Crippen molar-refractivity contribution < 1.29 is 14.3 Å².